The Hall–Kier alpha value is -2.90. The van der Waals surface area contributed by atoms with Crippen molar-refractivity contribution in [2.45, 2.75) is 45.7 Å². The highest BCUT2D eigenvalue weighted by Crippen LogP contribution is 2.28. The van der Waals surface area contributed by atoms with Crippen LogP contribution in [-0.4, -0.2) is 47.9 Å². The summed E-state index contributed by atoms with van der Waals surface area (Å²) < 4.78 is 4.99. The summed E-state index contributed by atoms with van der Waals surface area (Å²) in [5.74, 6) is -2.09. The molecule has 2 rings (SSSR count). The molecule has 1 heterocycles. The molecule has 0 unspecified atom stereocenters. The summed E-state index contributed by atoms with van der Waals surface area (Å²) >= 11 is 0. The molecule has 1 aromatic carbocycles. The summed E-state index contributed by atoms with van der Waals surface area (Å²) in [7, 11) is 0. The third-order valence-electron chi connectivity index (χ3n) is 4.83. The number of hydrogen-bond acceptors (Lipinski definition) is 5. The lowest BCUT2D eigenvalue weighted by atomic mass is 10.1. The van der Waals surface area contributed by atoms with E-state index in [2.05, 4.69) is 10.6 Å². The van der Waals surface area contributed by atoms with Crippen molar-refractivity contribution in [3.8, 4) is 0 Å². The van der Waals surface area contributed by atoms with Gasteiger partial charge >= 0.3 is 12.0 Å². The summed E-state index contributed by atoms with van der Waals surface area (Å²) in [6, 6.07) is 8.70. The van der Waals surface area contributed by atoms with Gasteiger partial charge in [-0.25, -0.2) is 4.79 Å². The number of ether oxygens (including phenoxy) is 1. The molecule has 0 aromatic heterocycles. The molecule has 152 valence electrons. The molecule has 8 nitrogen and oxygen atoms in total. The van der Waals surface area contributed by atoms with Crippen molar-refractivity contribution in [1.82, 2.24) is 15.5 Å². The fourth-order valence-corrected chi connectivity index (χ4v) is 2.95. The lowest BCUT2D eigenvalue weighted by Crippen LogP contribution is -2.44. The molecule has 28 heavy (non-hydrogen) atoms. The summed E-state index contributed by atoms with van der Waals surface area (Å²) in [5, 5.41) is 4.68. The van der Waals surface area contributed by atoms with Crippen LogP contribution in [0.25, 0.3) is 0 Å². The van der Waals surface area contributed by atoms with E-state index in [-0.39, 0.29) is 31.0 Å². The number of carbonyl (C=O) groups is 4. The number of imide groups is 1. The Kier molecular flexibility index (Phi) is 7.54. The van der Waals surface area contributed by atoms with Crippen LogP contribution >= 0.6 is 0 Å². The van der Waals surface area contributed by atoms with E-state index in [1.54, 1.807) is 4.90 Å². The van der Waals surface area contributed by atoms with Gasteiger partial charge in [-0.05, 0) is 25.8 Å². The van der Waals surface area contributed by atoms with Crippen LogP contribution in [0.5, 0.6) is 0 Å². The number of nitrogens with one attached hydrogen (secondary N) is 2. The first-order valence-corrected chi connectivity index (χ1v) is 9.43. The number of rotatable bonds is 7. The molecule has 0 aliphatic carbocycles. The Labute approximate surface area is 164 Å². The fourth-order valence-electron chi connectivity index (χ4n) is 2.95. The van der Waals surface area contributed by atoms with Crippen LogP contribution in [0.3, 0.4) is 0 Å². The zero-order valence-electron chi connectivity index (χ0n) is 16.4. The maximum Gasteiger partial charge on any atom is 0.321 e. The number of nitrogens with zero attached hydrogens (tertiary/aromatic N) is 1. The first-order valence-electron chi connectivity index (χ1n) is 9.43. The summed E-state index contributed by atoms with van der Waals surface area (Å²) in [6.07, 6.45) is 0.774. The van der Waals surface area contributed by atoms with Gasteiger partial charge in [0.2, 0.25) is 5.91 Å². The second-order valence-electron chi connectivity index (χ2n) is 6.97. The van der Waals surface area contributed by atoms with E-state index in [1.165, 1.54) is 0 Å². The zero-order valence-corrected chi connectivity index (χ0v) is 16.4. The molecule has 0 saturated carbocycles. The lowest BCUT2D eigenvalue weighted by molar-refractivity contribution is -0.152. The van der Waals surface area contributed by atoms with E-state index < -0.39 is 30.4 Å². The fraction of sp³-hybridized carbons (Fsp3) is 0.500. The van der Waals surface area contributed by atoms with Crippen LogP contribution < -0.4 is 10.6 Å². The number of amides is 4. The minimum atomic E-state index is -0.715. The molecule has 1 fully saturated rings. The molecule has 2 N–H and O–H groups in total. The number of urea groups is 1. The second-order valence-corrected chi connectivity index (χ2v) is 6.97. The van der Waals surface area contributed by atoms with Crippen LogP contribution in [0.4, 0.5) is 4.79 Å². The van der Waals surface area contributed by atoms with Crippen molar-refractivity contribution in [3.05, 3.63) is 35.9 Å². The Morgan fingerprint density at radius 1 is 1.21 bits per heavy atom. The van der Waals surface area contributed by atoms with Crippen LogP contribution in [0.15, 0.2) is 30.3 Å². The molecule has 0 spiro atoms. The van der Waals surface area contributed by atoms with Gasteiger partial charge in [0.25, 0.3) is 5.91 Å². The van der Waals surface area contributed by atoms with Crippen LogP contribution in [0.2, 0.25) is 0 Å². The van der Waals surface area contributed by atoms with Gasteiger partial charge in [0.15, 0.2) is 6.61 Å². The molecule has 0 radical (unpaired) electrons. The number of likely N-dealkylation sites (tertiary alicyclic amines) is 1. The van der Waals surface area contributed by atoms with Gasteiger partial charge in [-0.15, -0.1) is 0 Å². The molecule has 1 aliphatic heterocycles. The van der Waals surface area contributed by atoms with Gasteiger partial charge in [-0.3, -0.25) is 19.7 Å². The summed E-state index contributed by atoms with van der Waals surface area (Å²) in [5.41, 5.74) is 0.983. The number of hydrogen-bond donors (Lipinski definition) is 2. The van der Waals surface area contributed by atoms with Crippen molar-refractivity contribution in [1.29, 1.82) is 0 Å². The highest BCUT2D eigenvalue weighted by molar-refractivity contribution is 5.96. The molecule has 3 atom stereocenters. The van der Waals surface area contributed by atoms with Crippen molar-refractivity contribution < 1.29 is 23.9 Å². The Morgan fingerprint density at radius 3 is 2.54 bits per heavy atom. The van der Waals surface area contributed by atoms with Gasteiger partial charge in [-0.2, -0.15) is 0 Å². The van der Waals surface area contributed by atoms with Crippen LogP contribution in [-0.2, 0) is 19.1 Å². The van der Waals surface area contributed by atoms with E-state index >= 15 is 0 Å². The maximum atomic E-state index is 12.3. The largest absolute Gasteiger partial charge is 0.455 e. The van der Waals surface area contributed by atoms with E-state index in [1.807, 2.05) is 51.1 Å². The first-order chi connectivity index (χ1) is 13.3. The molecule has 8 heteroatoms. The molecular weight excluding hydrogens is 362 g/mol. The molecule has 0 bridgehead atoms. The second kappa shape index (κ2) is 9.87. The number of esters is 1. The monoisotopic (exact) mass is 389 g/mol. The van der Waals surface area contributed by atoms with Gasteiger partial charge < -0.3 is 15.0 Å². The highest BCUT2D eigenvalue weighted by atomic mass is 16.5. The summed E-state index contributed by atoms with van der Waals surface area (Å²) in [6.45, 7) is 5.29. The van der Waals surface area contributed by atoms with E-state index in [0.29, 0.717) is 0 Å². The zero-order chi connectivity index (χ0) is 20.7. The third-order valence-corrected chi connectivity index (χ3v) is 4.83. The smallest absolute Gasteiger partial charge is 0.321 e. The van der Waals surface area contributed by atoms with Gasteiger partial charge in [0.05, 0.1) is 12.0 Å². The normalized spacial score (nSPS) is 18.3. The van der Waals surface area contributed by atoms with E-state index in [0.717, 1.165) is 12.0 Å². The third kappa shape index (κ3) is 5.80. The van der Waals surface area contributed by atoms with E-state index in [9.17, 15) is 19.2 Å². The lowest BCUT2D eigenvalue weighted by Gasteiger charge is -2.25. The maximum absolute atomic E-state index is 12.3. The van der Waals surface area contributed by atoms with Crippen molar-refractivity contribution in [3.63, 3.8) is 0 Å². The van der Waals surface area contributed by atoms with Gasteiger partial charge in [0, 0.05) is 19.0 Å². The minimum Gasteiger partial charge on any atom is -0.455 e. The average Bonchev–Trinajstić information content (AvgIpc) is 3.07. The average molecular weight is 389 g/mol. The van der Waals surface area contributed by atoms with Gasteiger partial charge in [-0.1, -0.05) is 37.3 Å². The molecule has 4 amide bonds. The highest BCUT2D eigenvalue weighted by Gasteiger charge is 2.38. The predicted molar refractivity (Wildman–Crippen MR) is 102 cm³/mol. The SMILES string of the molecule is CC[C@H](C)NC(=O)NC(=O)COC(=O)[C@@H]1CC(=O)N([C@@H](C)c2ccccc2)C1. The Balaban J connectivity index is 1.81. The predicted octanol–water partition coefficient (Wildman–Crippen LogP) is 1.76. The molecular formula is C20H27N3O5. The minimum absolute atomic E-state index is 0.0477. The van der Waals surface area contributed by atoms with Gasteiger partial charge in [0.1, 0.15) is 0 Å². The van der Waals surface area contributed by atoms with E-state index in [4.69, 9.17) is 4.74 Å². The standard InChI is InChI=1S/C20H27N3O5/c1-4-13(2)21-20(27)22-17(24)12-28-19(26)16-10-18(25)23(11-16)14(3)15-8-6-5-7-9-15/h5-9,13-14,16H,4,10-12H2,1-3H3,(H2,21,22,24,27)/t13-,14-,16+/m0/s1. The van der Waals surface area contributed by atoms with Crippen LogP contribution in [0.1, 0.15) is 45.2 Å². The molecule has 1 aliphatic rings. The Morgan fingerprint density at radius 2 is 1.89 bits per heavy atom. The van der Waals surface area contributed by atoms with Crippen molar-refractivity contribution in [2.75, 3.05) is 13.2 Å². The van der Waals surface area contributed by atoms with Crippen molar-refractivity contribution >= 4 is 23.8 Å². The summed E-state index contributed by atoms with van der Waals surface area (Å²) in [4.78, 5) is 49.5. The molecule has 1 saturated heterocycles. The Bertz CT molecular complexity index is 722. The molecule has 1 aromatic rings. The van der Waals surface area contributed by atoms with Crippen LogP contribution in [0, 0.1) is 5.92 Å². The van der Waals surface area contributed by atoms with Crippen molar-refractivity contribution in [2.24, 2.45) is 5.92 Å². The topological polar surface area (TPSA) is 105 Å². The number of benzene rings is 1. The number of carbonyl (C=O) groups excluding carboxylic acids is 4. The quantitative estimate of drug-likeness (QED) is 0.692. The first kappa shape index (κ1) is 21.4.